The summed E-state index contributed by atoms with van der Waals surface area (Å²) in [5, 5.41) is 6.57. The molecule has 4 N–H and O–H groups in total. The van der Waals surface area contributed by atoms with Crippen molar-refractivity contribution in [3.63, 3.8) is 0 Å². The van der Waals surface area contributed by atoms with E-state index in [1.54, 1.807) is 17.8 Å². The molecule has 2 heterocycles. The van der Waals surface area contributed by atoms with Gasteiger partial charge in [0.05, 0.1) is 10.6 Å². The molecule has 3 rings (SSSR count). The Balaban J connectivity index is 1.54. The molecular weight excluding hydrogens is 410 g/mol. The molecule has 1 aliphatic rings. The smallest absolute Gasteiger partial charge is 0.269 e. The van der Waals surface area contributed by atoms with Crippen molar-refractivity contribution in [1.82, 2.24) is 10.3 Å². The van der Waals surface area contributed by atoms with Crippen LogP contribution in [0.3, 0.4) is 0 Å². The summed E-state index contributed by atoms with van der Waals surface area (Å²) < 4.78 is 0. The number of thioether (sulfide) groups is 1. The molecular formula is C20H22ClN5O2S. The average molecular weight is 432 g/mol. The number of aromatic nitrogens is 1. The molecule has 0 fully saturated rings. The van der Waals surface area contributed by atoms with Crippen LogP contribution in [0.25, 0.3) is 0 Å². The fourth-order valence-corrected chi connectivity index (χ4v) is 4.03. The van der Waals surface area contributed by atoms with E-state index >= 15 is 0 Å². The van der Waals surface area contributed by atoms with Crippen molar-refractivity contribution in [2.45, 2.75) is 25.3 Å². The second-order valence-corrected chi connectivity index (χ2v) is 8.37. The van der Waals surface area contributed by atoms with E-state index in [2.05, 4.69) is 20.6 Å². The number of halogens is 1. The number of anilines is 1. The van der Waals surface area contributed by atoms with Crippen molar-refractivity contribution in [1.29, 1.82) is 0 Å². The van der Waals surface area contributed by atoms with Crippen LogP contribution in [0, 0.1) is 0 Å². The normalized spacial score (nSPS) is 18.6. The van der Waals surface area contributed by atoms with E-state index in [4.69, 9.17) is 17.3 Å². The quantitative estimate of drug-likeness (QED) is 0.650. The number of nitrogens with zero attached hydrogens (tertiary/aromatic N) is 2. The zero-order valence-electron chi connectivity index (χ0n) is 15.9. The highest BCUT2D eigenvalue weighted by Crippen LogP contribution is 2.35. The lowest BCUT2D eigenvalue weighted by Crippen LogP contribution is -2.29. The van der Waals surface area contributed by atoms with Gasteiger partial charge in [-0.05, 0) is 43.2 Å². The van der Waals surface area contributed by atoms with Gasteiger partial charge in [0.15, 0.2) is 5.17 Å². The summed E-state index contributed by atoms with van der Waals surface area (Å²) in [6.45, 7) is 2.24. The number of benzene rings is 1. The second kappa shape index (κ2) is 9.28. The number of nitrogens with two attached hydrogens (primary N) is 1. The molecule has 1 aromatic heterocycles. The third-order valence-electron chi connectivity index (χ3n) is 4.56. The minimum Gasteiger partial charge on any atom is -0.379 e. The number of hydrogen-bond donors (Lipinski definition) is 3. The van der Waals surface area contributed by atoms with Gasteiger partial charge in [0, 0.05) is 30.6 Å². The number of nitrogens with one attached hydrogen (secondary N) is 2. The summed E-state index contributed by atoms with van der Waals surface area (Å²) in [6.07, 6.45) is 2.42. The zero-order chi connectivity index (χ0) is 20.9. The highest BCUT2D eigenvalue weighted by atomic mass is 35.5. The van der Waals surface area contributed by atoms with Crippen LogP contribution in [0.2, 0.25) is 5.02 Å². The minimum absolute atomic E-state index is 0.141. The van der Waals surface area contributed by atoms with Gasteiger partial charge >= 0.3 is 0 Å². The first kappa shape index (κ1) is 21.1. The fourth-order valence-electron chi connectivity index (χ4n) is 2.94. The maximum Gasteiger partial charge on any atom is 0.269 e. The van der Waals surface area contributed by atoms with Gasteiger partial charge < -0.3 is 16.4 Å². The van der Waals surface area contributed by atoms with Crippen molar-refractivity contribution >= 4 is 46.0 Å². The number of carbonyl (C=O) groups excluding carboxylic acids is 2. The van der Waals surface area contributed by atoms with Gasteiger partial charge in [-0.3, -0.25) is 14.6 Å². The van der Waals surface area contributed by atoms with Gasteiger partial charge in [-0.25, -0.2) is 4.98 Å². The molecule has 1 unspecified atom stereocenters. The first-order valence-corrected chi connectivity index (χ1v) is 10.5. The zero-order valence-corrected chi connectivity index (χ0v) is 17.5. The second-order valence-electron chi connectivity index (χ2n) is 6.82. The Morgan fingerprint density at radius 3 is 2.86 bits per heavy atom. The highest BCUT2D eigenvalue weighted by Gasteiger charge is 2.29. The molecule has 2 amide bonds. The molecule has 0 aliphatic carbocycles. The molecule has 1 atom stereocenters. The number of rotatable bonds is 6. The maximum absolute atomic E-state index is 12.2. The molecule has 0 bridgehead atoms. The Labute approximate surface area is 178 Å². The van der Waals surface area contributed by atoms with Gasteiger partial charge in [-0.15, -0.1) is 0 Å². The lowest BCUT2D eigenvalue weighted by Gasteiger charge is -2.30. The summed E-state index contributed by atoms with van der Waals surface area (Å²) in [5.41, 5.74) is 7.44. The Bertz CT molecular complexity index is 935. The van der Waals surface area contributed by atoms with Crippen molar-refractivity contribution in [2.75, 3.05) is 17.6 Å². The van der Waals surface area contributed by atoms with Gasteiger partial charge in [0.25, 0.3) is 5.91 Å². The fraction of sp³-hybridized carbons (Fsp3) is 0.300. The molecule has 9 heteroatoms. The molecule has 29 heavy (non-hydrogen) atoms. The molecule has 152 valence electrons. The summed E-state index contributed by atoms with van der Waals surface area (Å²) >= 11 is 7.31. The van der Waals surface area contributed by atoms with E-state index < -0.39 is 5.54 Å². The molecule has 7 nitrogen and oxygen atoms in total. The third-order valence-corrected chi connectivity index (χ3v) is 5.58. The number of hydrogen-bond acceptors (Lipinski definition) is 6. The topological polar surface area (TPSA) is 109 Å². The van der Waals surface area contributed by atoms with Crippen LogP contribution in [0.1, 0.15) is 35.8 Å². The lowest BCUT2D eigenvalue weighted by molar-refractivity contribution is -0.116. The van der Waals surface area contributed by atoms with Crippen LogP contribution in [0.15, 0.2) is 47.6 Å². The lowest BCUT2D eigenvalue weighted by atomic mass is 9.89. The SMILES string of the molecule is CC1(c2cccc(NC(=O)CCNC(=O)c3ccc(Cl)cn3)c2)CCSC(N)=N1. The predicted octanol–water partition coefficient (Wildman–Crippen LogP) is 3.16. The van der Waals surface area contributed by atoms with Crippen LogP contribution < -0.4 is 16.4 Å². The van der Waals surface area contributed by atoms with E-state index in [0.717, 1.165) is 17.7 Å². The Hall–Kier alpha value is -2.58. The molecule has 1 aromatic carbocycles. The summed E-state index contributed by atoms with van der Waals surface area (Å²) in [5.74, 6) is 0.360. The molecule has 0 saturated carbocycles. The average Bonchev–Trinajstić information content (AvgIpc) is 2.68. The summed E-state index contributed by atoms with van der Waals surface area (Å²) in [4.78, 5) is 32.8. The van der Waals surface area contributed by atoms with Crippen LogP contribution in [-0.4, -0.2) is 34.3 Å². The standard InChI is InChI=1S/C20H22ClN5O2S/c1-20(8-10-29-19(22)26-20)13-3-2-4-15(11-13)25-17(27)7-9-23-18(28)16-6-5-14(21)12-24-16/h2-6,11-12H,7-10H2,1H3,(H2,22,26)(H,23,28)(H,25,27). The summed E-state index contributed by atoms with van der Waals surface area (Å²) in [6, 6.07) is 10.7. The van der Waals surface area contributed by atoms with Crippen molar-refractivity contribution < 1.29 is 9.59 Å². The van der Waals surface area contributed by atoms with Crippen LogP contribution >= 0.6 is 23.4 Å². The minimum atomic E-state index is -0.393. The van der Waals surface area contributed by atoms with E-state index in [0.29, 0.717) is 15.9 Å². The van der Waals surface area contributed by atoms with E-state index in [1.807, 2.05) is 31.2 Å². The van der Waals surface area contributed by atoms with E-state index in [1.165, 1.54) is 12.3 Å². The van der Waals surface area contributed by atoms with Crippen LogP contribution in [-0.2, 0) is 10.3 Å². The Morgan fingerprint density at radius 2 is 2.14 bits per heavy atom. The highest BCUT2D eigenvalue weighted by molar-refractivity contribution is 8.13. The molecule has 0 radical (unpaired) electrons. The number of amides is 2. The first-order chi connectivity index (χ1) is 13.9. The number of pyridine rings is 1. The van der Waals surface area contributed by atoms with Crippen LogP contribution in [0.5, 0.6) is 0 Å². The number of amidine groups is 1. The van der Waals surface area contributed by atoms with Crippen molar-refractivity contribution in [2.24, 2.45) is 10.7 Å². The van der Waals surface area contributed by atoms with E-state index in [9.17, 15) is 9.59 Å². The molecule has 0 spiro atoms. The van der Waals surface area contributed by atoms with Gasteiger partial charge in [0.2, 0.25) is 5.91 Å². The van der Waals surface area contributed by atoms with E-state index in [-0.39, 0.29) is 30.5 Å². The molecule has 0 saturated heterocycles. The molecule has 2 aromatic rings. The third kappa shape index (κ3) is 5.71. The Kier molecular flexibility index (Phi) is 6.76. The van der Waals surface area contributed by atoms with Gasteiger partial charge in [0.1, 0.15) is 5.69 Å². The van der Waals surface area contributed by atoms with Gasteiger partial charge in [-0.2, -0.15) is 0 Å². The van der Waals surface area contributed by atoms with Crippen molar-refractivity contribution in [3.8, 4) is 0 Å². The van der Waals surface area contributed by atoms with Crippen molar-refractivity contribution in [3.05, 3.63) is 58.9 Å². The maximum atomic E-state index is 12.2. The first-order valence-electron chi connectivity index (χ1n) is 9.14. The molecule has 1 aliphatic heterocycles. The number of aliphatic imine (C=N–C) groups is 1. The Morgan fingerprint density at radius 1 is 1.31 bits per heavy atom. The predicted molar refractivity (Wildman–Crippen MR) is 117 cm³/mol. The number of carbonyl (C=O) groups is 2. The van der Waals surface area contributed by atoms with Gasteiger partial charge in [-0.1, -0.05) is 35.5 Å². The summed E-state index contributed by atoms with van der Waals surface area (Å²) in [7, 11) is 0. The van der Waals surface area contributed by atoms with Crippen LogP contribution in [0.4, 0.5) is 5.69 Å². The monoisotopic (exact) mass is 431 g/mol. The largest absolute Gasteiger partial charge is 0.379 e.